The minimum atomic E-state index is -0.379. The van der Waals surface area contributed by atoms with E-state index >= 15 is 0 Å². The predicted octanol–water partition coefficient (Wildman–Crippen LogP) is 3.87. The van der Waals surface area contributed by atoms with Gasteiger partial charge in [-0.3, -0.25) is 10.1 Å². The van der Waals surface area contributed by atoms with E-state index in [1.807, 2.05) is 31.2 Å². The van der Waals surface area contributed by atoms with E-state index in [9.17, 15) is 9.59 Å². The van der Waals surface area contributed by atoms with Gasteiger partial charge in [0.05, 0.1) is 18.7 Å². The summed E-state index contributed by atoms with van der Waals surface area (Å²) in [5.41, 5.74) is 2.49. The molecule has 2 rings (SSSR count). The first-order valence-electron chi connectivity index (χ1n) is 8.91. The molecule has 0 aliphatic rings. The molecule has 2 aromatic rings. The van der Waals surface area contributed by atoms with Crippen LogP contribution in [0.1, 0.15) is 47.8 Å². The Morgan fingerprint density at radius 2 is 1.70 bits per heavy atom. The lowest BCUT2D eigenvalue weighted by Crippen LogP contribution is -2.43. The molecule has 0 saturated carbocycles. The van der Waals surface area contributed by atoms with Crippen molar-refractivity contribution in [2.45, 2.75) is 38.9 Å². The lowest BCUT2D eigenvalue weighted by atomic mass is 10.0. The Morgan fingerprint density at radius 3 is 2.26 bits per heavy atom. The zero-order valence-corrected chi connectivity index (χ0v) is 16.5. The van der Waals surface area contributed by atoms with Crippen molar-refractivity contribution in [3.8, 4) is 0 Å². The zero-order chi connectivity index (χ0) is 19.8. The van der Waals surface area contributed by atoms with Gasteiger partial charge < -0.3 is 10.1 Å². The molecule has 0 fully saturated rings. The normalized spacial score (nSPS) is 12.9. The van der Waals surface area contributed by atoms with Crippen LogP contribution in [0.4, 0.5) is 0 Å². The third kappa shape index (κ3) is 6.08. The van der Waals surface area contributed by atoms with E-state index in [2.05, 4.69) is 22.3 Å². The number of ether oxygens (including phenoxy) is 1. The molecule has 27 heavy (non-hydrogen) atoms. The number of amides is 1. The molecule has 1 amide bonds. The van der Waals surface area contributed by atoms with Crippen LogP contribution in [0.2, 0.25) is 5.02 Å². The number of hydrogen-bond acceptors (Lipinski definition) is 4. The molecule has 144 valence electrons. The van der Waals surface area contributed by atoms with E-state index in [0.29, 0.717) is 17.1 Å². The molecule has 0 aliphatic heterocycles. The summed E-state index contributed by atoms with van der Waals surface area (Å²) in [5, 5.41) is 6.96. The Hall–Kier alpha value is -2.37. The van der Waals surface area contributed by atoms with Crippen LogP contribution in [0.3, 0.4) is 0 Å². The van der Waals surface area contributed by atoms with Crippen molar-refractivity contribution < 1.29 is 14.3 Å². The summed E-state index contributed by atoms with van der Waals surface area (Å²) >= 11 is 5.94. The monoisotopic (exact) mass is 388 g/mol. The smallest absolute Gasteiger partial charge is 0.337 e. The second kappa shape index (κ2) is 10.1. The van der Waals surface area contributed by atoms with E-state index < -0.39 is 0 Å². The second-order valence-corrected chi connectivity index (χ2v) is 6.74. The number of carbonyl (C=O) groups excluding carboxylic acids is 2. The molecule has 0 aliphatic carbocycles. The van der Waals surface area contributed by atoms with Crippen LogP contribution in [0.15, 0.2) is 48.5 Å². The minimum Gasteiger partial charge on any atom is -0.465 e. The fraction of sp³-hybridized carbons (Fsp3) is 0.333. The summed E-state index contributed by atoms with van der Waals surface area (Å²) in [7, 11) is 1.35. The van der Waals surface area contributed by atoms with Gasteiger partial charge in [0.1, 0.15) is 0 Å². The van der Waals surface area contributed by atoms with Gasteiger partial charge in [0, 0.05) is 17.6 Å². The maximum Gasteiger partial charge on any atom is 0.337 e. The Labute approximate surface area is 165 Å². The van der Waals surface area contributed by atoms with Crippen LogP contribution in [-0.4, -0.2) is 25.0 Å². The first kappa shape index (κ1) is 20.9. The molecule has 2 atom stereocenters. The van der Waals surface area contributed by atoms with Gasteiger partial charge in [-0.15, -0.1) is 0 Å². The minimum absolute atomic E-state index is 0.0716. The fourth-order valence-electron chi connectivity index (χ4n) is 2.74. The SMILES string of the molecule is CCC(NC(C)C(=O)NCc1ccc(C(=O)OC)cc1)c1ccc(Cl)cc1. The van der Waals surface area contributed by atoms with Crippen molar-refractivity contribution >= 4 is 23.5 Å². The van der Waals surface area contributed by atoms with Gasteiger partial charge in [-0.05, 0) is 48.7 Å². The summed E-state index contributed by atoms with van der Waals surface area (Å²) < 4.78 is 4.67. The average Bonchev–Trinajstić information content (AvgIpc) is 2.70. The first-order valence-corrected chi connectivity index (χ1v) is 9.28. The third-order valence-electron chi connectivity index (χ3n) is 4.37. The first-order chi connectivity index (χ1) is 12.9. The second-order valence-electron chi connectivity index (χ2n) is 6.31. The average molecular weight is 389 g/mol. The van der Waals surface area contributed by atoms with Crippen molar-refractivity contribution in [1.29, 1.82) is 0 Å². The molecular formula is C21H25ClN2O3. The Balaban J connectivity index is 1.89. The third-order valence-corrected chi connectivity index (χ3v) is 4.62. The highest BCUT2D eigenvalue weighted by Crippen LogP contribution is 2.19. The molecule has 2 aromatic carbocycles. The molecule has 2 unspecified atom stereocenters. The van der Waals surface area contributed by atoms with Gasteiger partial charge in [0.25, 0.3) is 0 Å². The number of hydrogen-bond donors (Lipinski definition) is 2. The van der Waals surface area contributed by atoms with Gasteiger partial charge in [-0.25, -0.2) is 4.79 Å². The summed E-state index contributed by atoms with van der Waals surface area (Å²) in [4.78, 5) is 23.8. The van der Waals surface area contributed by atoms with Gasteiger partial charge in [-0.2, -0.15) is 0 Å². The molecule has 0 spiro atoms. The van der Waals surface area contributed by atoms with Crippen molar-refractivity contribution in [2.75, 3.05) is 7.11 Å². The highest BCUT2D eigenvalue weighted by Gasteiger charge is 2.18. The number of esters is 1. The maximum absolute atomic E-state index is 12.4. The zero-order valence-electron chi connectivity index (χ0n) is 15.8. The molecule has 2 N–H and O–H groups in total. The van der Waals surface area contributed by atoms with Gasteiger partial charge in [0.15, 0.2) is 0 Å². The Morgan fingerprint density at radius 1 is 1.07 bits per heavy atom. The summed E-state index contributed by atoms with van der Waals surface area (Å²) in [6.45, 7) is 4.30. The van der Waals surface area contributed by atoms with Crippen molar-refractivity contribution in [1.82, 2.24) is 10.6 Å². The van der Waals surface area contributed by atoms with Gasteiger partial charge in [-0.1, -0.05) is 42.8 Å². The van der Waals surface area contributed by atoms with Crippen molar-refractivity contribution in [3.05, 3.63) is 70.2 Å². The quantitative estimate of drug-likeness (QED) is 0.673. The topological polar surface area (TPSA) is 67.4 Å². The lowest BCUT2D eigenvalue weighted by Gasteiger charge is -2.22. The lowest BCUT2D eigenvalue weighted by molar-refractivity contribution is -0.123. The molecular weight excluding hydrogens is 364 g/mol. The van der Waals surface area contributed by atoms with Crippen LogP contribution in [0.25, 0.3) is 0 Å². The van der Waals surface area contributed by atoms with Gasteiger partial charge >= 0.3 is 5.97 Å². The highest BCUT2D eigenvalue weighted by molar-refractivity contribution is 6.30. The molecule has 0 bridgehead atoms. The highest BCUT2D eigenvalue weighted by atomic mass is 35.5. The molecule has 0 aromatic heterocycles. The number of nitrogens with one attached hydrogen (secondary N) is 2. The number of halogens is 1. The van der Waals surface area contributed by atoms with E-state index in [1.165, 1.54) is 7.11 Å². The van der Waals surface area contributed by atoms with Crippen LogP contribution in [-0.2, 0) is 16.1 Å². The molecule has 0 radical (unpaired) electrons. The number of methoxy groups -OCH3 is 1. The number of benzene rings is 2. The fourth-order valence-corrected chi connectivity index (χ4v) is 2.87. The standard InChI is InChI=1S/C21H25ClN2O3/c1-4-19(16-9-11-18(22)12-10-16)24-14(2)20(25)23-13-15-5-7-17(8-6-15)21(26)27-3/h5-12,14,19,24H,4,13H2,1-3H3,(H,23,25). The van der Waals surface area contributed by atoms with E-state index in [4.69, 9.17) is 11.6 Å². The predicted molar refractivity (Wildman–Crippen MR) is 107 cm³/mol. The summed E-state index contributed by atoms with van der Waals surface area (Å²) in [6, 6.07) is 14.3. The largest absolute Gasteiger partial charge is 0.465 e. The van der Waals surface area contributed by atoms with E-state index in [0.717, 1.165) is 17.5 Å². The summed E-state index contributed by atoms with van der Waals surface area (Å²) in [5.74, 6) is -0.462. The summed E-state index contributed by atoms with van der Waals surface area (Å²) in [6.07, 6.45) is 0.855. The van der Waals surface area contributed by atoms with Crippen LogP contribution >= 0.6 is 11.6 Å². The van der Waals surface area contributed by atoms with E-state index in [1.54, 1.807) is 24.3 Å². The Bertz CT molecular complexity index is 760. The number of carbonyl (C=O) groups is 2. The molecule has 0 saturated heterocycles. The van der Waals surface area contributed by atoms with Crippen molar-refractivity contribution in [3.63, 3.8) is 0 Å². The van der Waals surface area contributed by atoms with E-state index in [-0.39, 0.29) is 24.0 Å². The molecule has 0 heterocycles. The Kier molecular flexibility index (Phi) is 7.82. The van der Waals surface area contributed by atoms with Crippen molar-refractivity contribution in [2.24, 2.45) is 0 Å². The maximum atomic E-state index is 12.4. The van der Waals surface area contributed by atoms with Crippen LogP contribution < -0.4 is 10.6 Å². The molecule has 5 nitrogen and oxygen atoms in total. The van der Waals surface area contributed by atoms with Crippen LogP contribution in [0, 0.1) is 0 Å². The number of rotatable bonds is 8. The molecule has 6 heteroatoms. The van der Waals surface area contributed by atoms with Gasteiger partial charge in [0.2, 0.25) is 5.91 Å². The van der Waals surface area contributed by atoms with Crippen LogP contribution in [0.5, 0.6) is 0 Å².